The van der Waals surface area contributed by atoms with Gasteiger partial charge in [-0.05, 0) is 31.4 Å². The number of para-hydroxylation sites is 1. The predicted octanol–water partition coefficient (Wildman–Crippen LogP) is 2.38. The number of carbonyl (C=O) groups excluding carboxylic acids is 1. The van der Waals surface area contributed by atoms with Crippen LogP contribution in [0.15, 0.2) is 42.5 Å². The molecule has 1 fully saturated rings. The van der Waals surface area contributed by atoms with Crippen LogP contribution in [-0.4, -0.2) is 29.5 Å². The molecule has 0 N–H and O–H groups in total. The van der Waals surface area contributed by atoms with Crippen LogP contribution < -0.4 is 4.74 Å². The molecule has 2 aliphatic rings. The second kappa shape index (κ2) is 4.84. The molecule has 1 saturated heterocycles. The van der Waals surface area contributed by atoms with Crippen LogP contribution in [0.1, 0.15) is 19.3 Å². The van der Waals surface area contributed by atoms with Crippen molar-refractivity contribution in [3.63, 3.8) is 0 Å². The minimum Gasteiger partial charge on any atom is -0.484 e. The number of benzene rings is 1. The van der Waals surface area contributed by atoms with Crippen molar-refractivity contribution in [3.8, 4) is 5.75 Å². The number of hydrogen-bond acceptors (Lipinski definition) is 2. The van der Waals surface area contributed by atoms with E-state index in [-0.39, 0.29) is 12.5 Å². The molecule has 1 amide bonds. The first-order valence-corrected chi connectivity index (χ1v) is 6.50. The van der Waals surface area contributed by atoms with Crippen molar-refractivity contribution in [1.82, 2.24) is 4.90 Å². The van der Waals surface area contributed by atoms with E-state index in [0.717, 1.165) is 25.0 Å². The highest BCUT2D eigenvalue weighted by Gasteiger charge is 2.36. The number of ether oxygens (including phenoxy) is 1. The molecule has 2 bridgehead atoms. The molecule has 0 aliphatic carbocycles. The highest BCUT2D eigenvalue weighted by atomic mass is 16.5. The molecule has 0 unspecified atom stereocenters. The SMILES string of the molecule is O=C(COc1ccccc1)N1[C@H]2CC=C[C@H]1CC2. The van der Waals surface area contributed by atoms with E-state index in [2.05, 4.69) is 12.2 Å². The first kappa shape index (κ1) is 11.3. The van der Waals surface area contributed by atoms with Crippen molar-refractivity contribution in [2.45, 2.75) is 31.3 Å². The lowest BCUT2D eigenvalue weighted by Crippen LogP contribution is -2.44. The third-order valence-corrected chi connectivity index (χ3v) is 3.71. The Kier molecular flexibility index (Phi) is 3.05. The standard InChI is InChI=1S/C15H17NO2/c17-15(11-18-14-7-2-1-3-8-14)16-12-5-4-6-13(16)10-9-12/h1-5,7-8,12-13H,6,9-11H2/t12-,13-/m0/s1. The van der Waals surface area contributed by atoms with E-state index < -0.39 is 0 Å². The second-order valence-electron chi connectivity index (χ2n) is 4.87. The van der Waals surface area contributed by atoms with Crippen LogP contribution in [0.25, 0.3) is 0 Å². The van der Waals surface area contributed by atoms with Crippen LogP contribution in [0.4, 0.5) is 0 Å². The van der Waals surface area contributed by atoms with Crippen molar-refractivity contribution in [1.29, 1.82) is 0 Å². The fourth-order valence-electron chi connectivity index (χ4n) is 2.85. The van der Waals surface area contributed by atoms with Gasteiger partial charge in [0.1, 0.15) is 5.75 Å². The second-order valence-corrected chi connectivity index (χ2v) is 4.87. The lowest BCUT2D eigenvalue weighted by molar-refractivity contribution is -0.135. The van der Waals surface area contributed by atoms with E-state index in [9.17, 15) is 4.79 Å². The quantitative estimate of drug-likeness (QED) is 0.763. The van der Waals surface area contributed by atoms with E-state index in [1.165, 1.54) is 0 Å². The average Bonchev–Trinajstić information content (AvgIpc) is 2.67. The monoisotopic (exact) mass is 243 g/mol. The first-order valence-electron chi connectivity index (χ1n) is 6.50. The molecular weight excluding hydrogens is 226 g/mol. The Morgan fingerprint density at radius 1 is 1.28 bits per heavy atom. The van der Waals surface area contributed by atoms with Gasteiger partial charge < -0.3 is 9.64 Å². The summed E-state index contributed by atoms with van der Waals surface area (Å²) in [5.41, 5.74) is 0. The summed E-state index contributed by atoms with van der Waals surface area (Å²) >= 11 is 0. The minimum atomic E-state index is 0.107. The van der Waals surface area contributed by atoms with Gasteiger partial charge in [-0.15, -0.1) is 0 Å². The Hall–Kier alpha value is -1.77. The molecule has 0 radical (unpaired) electrons. The molecule has 18 heavy (non-hydrogen) atoms. The van der Waals surface area contributed by atoms with E-state index in [0.29, 0.717) is 12.1 Å². The van der Waals surface area contributed by atoms with E-state index in [4.69, 9.17) is 4.74 Å². The van der Waals surface area contributed by atoms with Gasteiger partial charge in [-0.3, -0.25) is 4.79 Å². The number of carbonyl (C=O) groups is 1. The van der Waals surface area contributed by atoms with Crippen LogP contribution >= 0.6 is 0 Å². The summed E-state index contributed by atoms with van der Waals surface area (Å²) in [5.74, 6) is 0.862. The largest absolute Gasteiger partial charge is 0.484 e. The van der Waals surface area contributed by atoms with E-state index in [1.807, 2.05) is 35.2 Å². The Morgan fingerprint density at radius 3 is 2.89 bits per heavy atom. The van der Waals surface area contributed by atoms with Crippen molar-refractivity contribution in [2.75, 3.05) is 6.61 Å². The summed E-state index contributed by atoms with van der Waals surface area (Å²) in [6, 6.07) is 10.2. The highest BCUT2D eigenvalue weighted by Crippen LogP contribution is 2.31. The summed E-state index contributed by atoms with van der Waals surface area (Å²) < 4.78 is 5.53. The molecule has 1 aromatic rings. The maximum Gasteiger partial charge on any atom is 0.261 e. The van der Waals surface area contributed by atoms with Gasteiger partial charge in [0, 0.05) is 6.04 Å². The Labute approximate surface area is 107 Å². The molecule has 94 valence electrons. The Balaban J connectivity index is 1.61. The zero-order chi connectivity index (χ0) is 12.4. The van der Waals surface area contributed by atoms with Gasteiger partial charge >= 0.3 is 0 Å². The summed E-state index contributed by atoms with van der Waals surface area (Å²) in [7, 11) is 0. The van der Waals surface area contributed by atoms with Gasteiger partial charge in [0.05, 0.1) is 6.04 Å². The molecule has 2 heterocycles. The fourth-order valence-corrected chi connectivity index (χ4v) is 2.85. The Bertz CT molecular complexity index is 455. The van der Waals surface area contributed by atoms with Crippen LogP contribution in [0.3, 0.4) is 0 Å². The third kappa shape index (κ3) is 2.13. The van der Waals surface area contributed by atoms with Crippen molar-refractivity contribution in [2.24, 2.45) is 0 Å². The van der Waals surface area contributed by atoms with Crippen LogP contribution in [0, 0.1) is 0 Å². The summed E-state index contributed by atoms with van der Waals surface area (Å²) in [6.07, 6.45) is 7.56. The predicted molar refractivity (Wildman–Crippen MR) is 69.4 cm³/mol. The maximum absolute atomic E-state index is 12.2. The normalized spacial score (nSPS) is 25.2. The summed E-state index contributed by atoms with van der Waals surface area (Å²) in [4.78, 5) is 14.2. The lowest BCUT2D eigenvalue weighted by Gasteiger charge is -2.31. The first-order chi connectivity index (χ1) is 8.84. The summed E-state index contributed by atoms with van der Waals surface area (Å²) in [5, 5.41) is 0. The lowest BCUT2D eigenvalue weighted by atomic mass is 10.1. The molecule has 3 rings (SSSR count). The highest BCUT2D eigenvalue weighted by molar-refractivity contribution is 5.79. The van der Waals surface area contributed by atoms with Crippen LogP contribution in [-0.2, 0) is 4.79 Å². The van der Waals surface area contributed by atoms with Crippen LogP contribution in [0.2, 0.25) is 0 Å². The average molecular weight is 243 g/mol. The minimum absolute atomic E-state index is 0.107. The van der Waals surface area contributed by atoms with Crippen molar-refractivity contribution >= 4 is 5.91 Å². The Morgan fingerprint density at radius 2 is 2.11 bits per heavy atom. The molecular formula is C15H17NO2. The zero-order valence-electron chi connectivity index (χ0n) is 10.3. The molecule has 0 aromatic heterocycles. The number of hydrogen-bond donors (Lipinski definition) is 0. The van der Waals surface area contributed by atoms with Gasteiger partial charge in [-0.1, -0.05) is 30.4 Å². The van der Waals surface area contributed by atoms with Crippen molar-refractivity contribution in [3.05, 3.63) is 42.5 Å². The van der Waals surface area contributed by atoms with Crippen LogP contribution in [0.5, 0.6) is 5.75 Å². The number of amides is 1. The number of rotatable bonds is 3. The third-order valence-electron chi connectivity index (χ3n) is 3.71. The number of nitrogens with zero attached hydrogens (tertiary/aromatic N) is 1. The number of fused-ring (bicyclic) bond motifs is 2. The smallest absolute Gasteiger partial charge is 0.261 e. The molecule has 3 heteroatoms. The van der Waals surface area contributed by atoms with E-state index >= 15 is 0 Å². The van der Waals surface area contributed by atoms with Gasteiger partial charge in [-0.2, -0.15) is 0 Å². The molecule has 0 spiro atoms. The van der Waals surface area contributed by atoms with Gasteiger partial charge in [0.25, 0.3) is 5.91 Å². The van der Waals surface area contributed by atoms with Crippen molar-refractivity contribution < 1.29 is 9.53 Å². The maximum atomic E-state index is 12.2. The molecule has 2 aliphatic heterocycles. The van der Waals surface area contributed by atoms with Gasteiger partial charge in [0.15, 0.2) is 6.61 Å². The topological polar surface area (TPSA) is 29.5 Å². The summed E-state index contributed by atoms with van der Waals surface area (Å²) in [6.45, 7) is 0.144. The zero-order valence-corrected chi connectivity index (χ0v) is 10.3. The molecule has 2 atom stereocenters. The molecule has 0 saturated carbocycles. The molecule has 1 aromatic carbocycles. The van der Waals surface area contributed by atoms with Gasteiger partial charge in [-0.25, -0.2) is 0 Å². The fraction of sp³-hybridized carbons (Fsp3) is 0.400. The molecule has 3 nitrogen and oxygen atoms in total. The van der Waals surface area contributed by atoms with E-state index in [1.54, 1.807) is 0 Å². The van der Waals surface area contributed by atoms with Gasteiger partial charge in [0.2, 0.25) is 0 Å².